The van der Waals surface area contributed by atoms with E-state index in [-0.39, 0.29) is 24.9 Å². The second kappa shape index (κ2) is 11.0. The van der Waals surface area contributed by atoms with Crippen molar-refractivity contribution in [3.05, 3.63) is 0 Å². The van der Waals surface area contributed by atoms with Gasteiger partial charge in [-0.05, 0) is 13.8 Å². The molecule has 2 aliphatic heterocycles. The molecule has 4 N–H and O–H groups in total. The molecular weight excluding hydrogens is 291 g/mol. The van der Waals surface area contributed by atoms with Crippen molar-refractivity contribution in [2.45, 2.75) is 31.8 Å². The fourth-order valence-electron chi connectivity index (χ4n) is 2.80. The minimum absolute atomic E-state index is 0. The summed E-state index contributed by atoms with van der Waals surface area (Å²) in [4.78, 5) is 2.31. The van der Waals surface area contributed by atoms with Gasteiger partial charge in [0, 0.05) is 71.2 Å². The molecule has 23 heavy (non-hydrogen) atoms. The summed E-state index contributed by atoms with van der Waals surface area (Å²) in [6.45, 7) is 12.1. The van der Waals surface area contributed by atoms with Gasteiger partial charge in [-0.25, -0.2) is 0 Å². The van der Waals surface area contributed by atoms with E-state index < -0.39 is 11.9 Å². The van der Waals surface area contributed by atoms with E-state index in [0.717, 1.165) is 52.4 Å². The Kier molecular flexibility index (Phi) is 10.2. The Morgan fingerprint density at radius 1 is 0.870 bits per heavy atom. The first-order valence-electron chi connectivity index (χ1n) is 8.41. The molecule has 0 aliphatic carbocycles. The van der Waals surface area contributed by atoms with E-state index in [0.29, 0.717) is 13.2 Å². The molecule has 0 aromatic rings. The number of hydrogen-bond acceptors (Lipinski definition) is 7. The molecule has 0 saturated carbocycles. The van der Waals surface area contributed by atoms with E-state index in [1.807, 2.05) is 13.8 Å². The topological polar surface area (TPSA) is 78.0 Å². The third-order valence-corrected chi connectivity index (χ3v) is 4.23. The average molecular weight is 323 g/mol. The van der Waals surface area contributed by atoms with E-state index in [2.05, 4.69) is 20.9 Å². The van der Waals surface area contributed by atoms with E-state index in [9.17, 15) is 5.11 Å². The fourth-order valence-corrected chi connectivity index (χ4v) is 2.80. The van der Waals surface area contributed by atoms with Crippen LogP contribution in [0.15, 0.2) is 0 Å². The Bertz CT molecular complexity index is 311. The van der Waals surface area contributed by atoms with E-state index >= 15 is 0 Å². The molecule has 1 radical (unpaired) electrons. The van der Waals surface area contributed by atoms with Crippen LogP contribution in [0.3, 0.4) is 0 Å². The zero-order valence-electron chi connectivity index (χ0n) is 14.9. The molecule has 131 valence electrons. The largest absolute Gasteiger partial charge is 0.389 e. The normalized spacial score (nSPS) is 32.0. The molecule has 2 aliphatic rings. The number of aliphatic hydroxyl groups is 1. The second-order valence-corrected chi connectivity index (χ2v) is 6.44. The van der Waals surface area contributed by atoms with Crippen LogP contribution < -0.4 is 16.0 Å². The molecule has 8 heteroatoms. The van der Waals surface area contributed by atoms with Gasteiger partial charge >= 0.3 is 0 Å². The van der Waals surface area contributed by atoms with Gasteiger partial charge in [-0.15, -0.1) is 0 Å². The molecule has 2 heterocycles. The minimum atomic E-state index is -0.621. The van der Waals surface area contributed by atoms with Gasteiger partial charge in [0.05, 0.1) is 25.4 Å². The Hall–Kier alpha value is 0.317. The van der Waals surface area contributed by atoms with Gasteiger partial charge in [0.25, 0.3) is 0 Å². The molecule has 0 spiro atoms. The maximum Gasteiger partial charge on any atom is 0.162 e. The molecular formula is C15H32LiN4O3. The predicted molar refractivity (Wildman–Crippen MR) is 91.7 cm³/mol. The Labute approximate surface area is 152 Å². The van der Waals surface area contributed by atoms with Crippen molar-refractivity contribution in [1.29, 1.82) is 0 Å². The van der Waals surface area contributed by atoms with Crippen LogP contribution in [0.25, 0.3) is 0 Å². The monoisotopic (exact) mass is 323 g/mol. The summed E-state index contributed by atoms with van der Waals surface area (Å²) in [7, 11) is 0. The van der Waals surface area contributed by atoms with Crippen molar-refractivity contribution in [2.24, 2.45) is 0 Å². The zero-order chi connectivity index (χ0) is 15.8. The summed E-state index contributed by atoms with van der Waals surface area (Å²) in [6.07, 6.45) is -0.517. The van der Waals surface area contributed by atoms with E-state index in [1.165, 1.54) is 0 Å². The summed E-state index contributed by atoms with van der Waals surface area (Å²) < 4.78 is 11.4. The van der Waals surface area contributed by atoms with Crippen molar-refractivity contribution in [2.75, 3.05) is 65.6 Å². The fraction of sp³-hybridized carbons (Fsp3) is 1.00. The molecule has 2 fully saturated rings. The second-order valence-electron chi connectivity index (χ2n) is 6.44. The van der Waals surface area contributed by atoms with Crippen LogP contribution in [0.4, 0.5) is 0 Å². The van der Waals surface area contributed by atoms with Crippen LogP contribution in [-0.4, -0.2) is 112 Å². The van der Waals surface area contributed by atoms with E-state index in [1.54, 1.807) is 0 Å². The van der Waals surface area contributed by atoms with Crippen LogP contribution in [-0.2, 0) is 9.47 Å². The Balaban J connectivity index is 0.00000264. The van der Waals surface area contributed by atoms with Crippen LogP contribution in [0.5, 0.6) is 0 Å². The van der Waals surface area contributed by atoms with Gasteiger partial charge in [0.15, 0.2) is 5.79 Å². The number of aliphatic hydroxyl groups excluding tert-OH is 1. The first kappa shape index (κ1) is 21.4. The van der Waals surface area contributed by atoms with Crippen LogP contribution in [0, 0.1) is 0 Å². The first-order chi connectivity index (χ1) is 10.6. The summed E-state index contributed by atoms with van der Waals surface area (Å²) >= 11 is 0. The zero-order valence-corrected chi connectivity index (χ0v) is 14.9. The minimum Gasteiger partial charge on any atom is -0.389 e. The number of hydrogen-bond donors (Lipinski definition) is 4. The molecule has 0 aromatic carbocycles. The standard InChI is InChI=1S/C15H32N4O3.Li/c1-15(2)21-11-13(14(20)12-22-15)19-9-7-17-5-3-16-4-6-18-8-10-19;/h13-14,16-18,20H,3-12H2,1-2H3;. The number of rotatable bonds is 1. The van der Waals surface area contributed by atoms with Crippen molar-refractivity contribution in [3.8, 4) is 0 Å². The summed E-state index contributed by atoms with van der Waals surface area (Å²) in [5, 5.41) is 20.7. The summed E-state index contributed by atoms with van der Waals surface area (Å²) in [5.74, 6) is -0.621. The average Bonchev–Trinajstić information content (AvgIpc) is 2.60. The number of ether oxygens (including phenoxy) is 2. The maximum absolute atomic E-state index is 10.4. The molecule has 2 atom stereocenters. The molecule has 0 amide bonds. The Morgan fingerprint density at radius 3 is 1.91 bits per heavy atom. The number of nitrogens with one attached hydrogen (secondary N) is 3. The van der Waals surface area contributed by atoms with E-state index in [4.69, 9.17) is 9.47 Å². The van der Waals surface area contributed by atoms with Gasteiger partial charge in [0.2, 0.25) is 0 Å². The van der Waals surface area contributed by atoms with Crippen molar-refractivity contribution >= 4 is 18.9 Å². The maximum atomic E-state index is 10.4. The van der Waals surface area contributed by atoms with Crippen molar-refractivity contribution < 1.29 is 14.6 Å². The van der Waals surface area contributed by atoms with Crippen molar-refractivity contribution in [3.63, 3.8) is 0 Å². The quantitative estimate of drug-likeness (QED) is 0.424. The van der Waals surface area contributed by atoms with Crippen LogP contribution >= 0.6 is 0 Å². The summed E-state index contributed by atoms with van der Waals surface area (Å²) in [6, 6.07) is -0.0218. The molecule has 2 unspecified atom stereocenters. The molecule has 0 bridgehead atoms. The third-order valence-electron chi connectivity index (χ3n) is 4.23. The molecule has 0 aromatic heterocycles. The summed E-state index contributed by atoms with van der Waals surface area (Å²) in [5.41, 5.74) is 0. The molecule has 7 nitrogen and oxygen atoms in total. The van der Waals surface area contributed by atoms with Gasteiger partial charge in [-0.2, -0.15) is 0 Å². The SMILES string of the molecule is CC1(C)OCC(O)C(N2CCNCCNCCNCC2)CO1.[Li]. The number of nitrogens with zero attached hydrogens (tertiary/aromatic N) is 1. The third kappa shape index (κ3) is 7.82. The molecule has 2 rings (SSSR count). The predicted octanol–water partition coefficient (Wildman–Crippen LogP) is -1.80. The molecule has 2 saturated heterocycles. The van der Waals surface area contributed by atoms with Crippen LogP contribution in [0.1, 0.15) is 13.8 Å². The van der Waals surface area contributed by atoms with Gasteiger partial charge in [-0.3, -0.25) is 4.90 Å². The van der Waals surface area contributed by atoms with Gasteiger partial charge in [-0.1, -0.05) is 0 Å². The smallest absolute Gasteiger partial charge is 0.162 e. The first-order valence-corrected chi connectivity index (χ1v) is 8.41. The Morgan fingerprint density at radius 2 is 1.35 bits per heavy atom. The van der Waals surface area contributed by atoms with Crippen molar-refractivity contribution in [1.82, 2.24) is 20.9 Å². The van der Waals surface area contributed by atoms with Gasteiger partial charge < -0.3 is 30.5 Å². The van der Waals surface area contributed by atoms with Crippen LogP contribution in [0.2, 0.25) is 0 Å². The van der Waals surface area contributed by atoms with Gasteiger partial charge in [0.1, 0.15) is 0 Å².